The fourth-order valence-corrected chi connectivity index (χ4v) is 7.31. The van der Waals surface area contributed by atoms with Gasteiger partial charge in [-0.1, -0.05) is 169 Å². The fourth-order valence-electron chi connectivity index (χ4n) is 7.31. The highest BCUT2D eigenvalue weighted by atomic mass is 16.6. The van der Waals surface area contributed by atoms with E-state index in [9.17, 15) is 14.4 Å². The Hall–Kier alpha value is -3.93. The van der Waals surface area contributed by atoms with E-state index in [1.165, 1.54) is 96.3 Å². The van der Waals surface area contributed by atoms with Crippen molar-refractivity contribution < 1.29 is 28.6 Å². The molecule has 0 saturated carbocycles. The molecule has 0 aliphatic rings. The van der Waals surface area contributed by atoms with Gasteiger partial charge in [0, 0.05) is 19.3 Å². The maximum Gasteiger partial charge on any atom is 0.306 e. The Kier molecular flexibility index (Phi) is 53.4. The molecule has 0 bridgehead atoms. The van der Waals surface area contributed by atoms with Crippen LogP contribution in [-0.4, -0.2) is 37.2 Å². The van der Waals surface area contributed by atoms with Crippen LogP contribution in [0.2, 0.25) is 0 Å². The molecule has 0 unspecified atom stereocenters. The van der Waals surface area contributed by atoms with E-state index in [0.29, 0.717) is 19.3 Å². The van der Waals surface area contributed by atoms with E-state index in [-0.39, 0.29) is 50.4 Å². The van der Waals surface area contributed by atoms with E-state index in [2.05, 4.69) is 130 Å². The van der Waals surface area contributed by atoms with E-state index in [1.807, 2.05) is 0 Å². The van der Waals surface area contributed by atoms with E-state index < -0.39 is 6.10 Å². The summed E-state index contributed by atoms with van der Waals surface area (Å²) in [5.74, 6) is -1.05. The van der Waals surface area contributed by atoms with Crippen molar-refractivity contribution in [3.05, 3.63) is 109 Å². The third-order valence-corrected chi connectivity index (χ3v) is 11.6. The summed E-state index contributed by atoms with van der Waals surface area (Å²) in [5.41, 5.74) is 0. The lowest BCUT2D eigenvalue weighted by Crippen LogP contribution is -2.30. The quantitative estimate of drug-likeness (QED) is 0.0262. The molecule has 69 heavy (non-hydrogen) atoms. The smallest absolute Gasteiger partial charge is 0.306 e. The van der Waals surface area contributed by atoms with Crippen LogP contribution >= 0.6 is 0 Å². The predicted molar refractivity (Wildman–Crippen MR) is 297 cm³/mol. The van der Waals surface area contributed by atoms with Gasteiger partial charge in [0.2, 0.25) is 0 Å². The van der Waals surface area contributed by atoms with Gasteiger partial charge in [-0.15, -0.1) is 0 Å². The Morgan fingerprint density at radius 1 is 0.290 bits per heavy atom. The van der Waals surface area contributed by atoms with Crippen molar-refractivity contribution in [2.75, 3.05) is 13.2 Å². The Bertz CT molecular complexity index is 1350. The van der Waals surface area contributed by atoms with Crippen LogP contribution < -0.4 is 0 Å². The van der Waals surface area contributed by atoms with Crippen molar-refractivity contribution >= 4 is 17.9 Å². The maximum atomic E-state index is 12.8. The lowest BCUT2D eigenvalue weighted by molar-refractivity contribution is -0.166. The van der Waals surface area contributed by atoms with E-state index in [4.69, 9.17) is 14.2 Å². The number of carbonyl (C=O) groups is 3. The highest BCUT2D eigenvalue weighted by Gasteiger charge is 2.19. The van der Waals surface area contributed by atoms with Gasteiger partial charge in [0.15, 0.2) is 6.10 Å². The van der Waals surface area contributed by atoms with Crippen LogP contribution in [-0.2, 0) is 28.6 Å². The molecule has 0 aliphatic carbocycles. The maximum absolute atomic E-state index is 12.8. The molecule has 0 radical (unpaired) electrons. The number of carbonyl (C=O) groups excluding carboxylic acids is 3. The number of hydrogen-bond donors (Lipinski definition) is 0. The second kappa shape index (κ2) is 56.7. The van der Waals surface area contributed by atoms with Crippen molar-refractivity contribution in [2.45, 2.75) is 258 Å². The normalized spacial score (nSPS) is 12.5. The van der Waals surface area contributed by atoms with Gasteiger partial charge in [-0.05, 0) is 173 Å². The van der Waals surface area contributed by atoms with E-state index >= 15 is 0 Å². The molecule has 6 heteroatoms. The summed E-state index contributed by atoms with van der Waals surface area (Å²) < 4.78 is 16.7. The molecule has 0 rings (SSSR count). The van der Waals surface area contributed by atoms with Crippen molar-refractivity contribution in [2.24, 2.45) is 0 Å². The second-order valence-corrected chi connectivity index (χ2v) is 18.4. The molecule has 0 amide bonds. The molecule has 0 atom stereocenters. The third-order valence-electron chi connectivity index (χ3n) is 11.6. The van der Waals surface area contributed by atoms with Crippen LogP contribution in [0.3, 0.4) is 0 Å². The summed E-state index contributed by atoms with van der Waals surface area (Å²) >= 11 is 0. The first-order valence-electron chi connectivity index (χ1n) is 28.4. The first-order chi connectivity index (χ1) is 34.0. The minimum absolute atomic E-state index is 0.128. The second-order valence-electron chi connectivity index (χ2n) is 18.4. The zero-order chi connectivity index (χ0) is 50.0. The van der Waals surface area contributed by atoms with Crippen LogP contribution in [0.4, 0.5) is 0 Å². The average molecular weight is 958 g/mol. The number of rotatable bonds is 50. The highest BCUT2D eigenvalue weighted by molar-refractivity contribution is 5.71. The molecular weight excluding hydrogens is 853 g/mol. The standard InChI is InChI=1S/C63H104O6/c1-4-7-10-13-16-19-22-25-28-31-34-37-40-43-46-49-52-55-61(64)67-58-60(69-63(66)57-54-51-48-45-42-39-36-33-30-27-24-21-18-15-12-9-6-3)59-68-62(65)56-53-50-47-44-41-38-35-32-29-26-23-20-17-14-11-8-5-2/h16-21,25-30,43-48,60H,4-15,22-24,31-42,49-59H2,1-3H3/b19-16-,20-17-,21-18-,28-25-,29-26-,30-27-,46-43-,47-44-,48-45-. The molecule has 0 aromatic heterocycles. The number of esters is 3. The lowest BCUT2D eigenvalue weighted by atomic mass is 10.1. The molecule has 0 aromatic carbocycles. The van der Waals surface area contributed by atoms with Crippen molar-refractivity contribution in [1.82, 2.24) is 0 Å². The van der Waals surface area contributed by atoms with Gasteiger partial charge < -0.3 is 14.2 Å². The van der Waals surface area contributed by atoms with Crippen LogP contribution in [0.5, 0.6) is 0 Å². The molecule has 0 aliphatic heterocycles. The lowest BCUT2D eigenvalue weighted by Gasteiger charge is -2.18. The minimum Gasteiger partial charge on any atom is -0.462 e. The molecule has 0 N–H and O–H groups in total. The first kappa shape index (κ1) is 65.1. The molecule has 0 heterocycles. The van der Waals surface area contributed by atoms with Crippen molar-refractivity contribution in [3.63, 3.8) is 0 Å². The monoisotopic (exact) mass is 957 g/mol. The van der Waals surface area contributed by atoms with Crippen molar-refractivity contribution in [3.8, 4) is 0 Å². The average Bonchev–Trinajstić information content (AvgIpc) is 3.35. The van der Waals surface area contributed by atoms with Gasteiger partial charge >= 0.3 is 17.9 Å². The first-order valence-corrected chi connectivity index (χ1v) is 28.4. The molecule has 6 nitrogen and oxygen atoms in total. The Balaban J connectivity index is 4.56. The zero-order valence-corrected chi connectivity index (χ0v) is 44.8. The molecule has 392 valence electrons. The molecular formula is C63H104O6. The van der Waals surface area contributed by atoms with Gasteiger partial charge in [0.25, 0.3) is 0 Å². The zero-order valence-electron chi connectivity index (χ0n) is 44.8. The van der Waals surface area contributed by atoms with Gasteiger partial charge in [-0.3, -0.25) is 14.4 Å². The predicted octanol–water partition coefficient (Wildman–Crippen LogP) is 19.1. The fraction of sp³-hybridized carbons (Fsp3) is 0.667. The van der Waals surface area contributed by atoms with E-state index in [0.717, 1.165) is 96.3 Å². The van der Waals surface area contributed by atoms with E-state index in [1.54, 1.807) is 0 Å². The van der Waals surface area contributed by atoms with Gasteiger partial charge in [0.1, 0.15) is 13.2 Å². The van der Waals surface area contributed by atoms with Crippen LogP contribution in [0.25, 0.3) is 0 Å². The highest BCUT2D eigenvalue weighted by Crippen LogP contribution is 2.11. The number of allylic oxidation sites excluding steroid dienone is 18. The third kappa shape index (κ3) is 54.9. The van der Waals surface area contributed by atoms with Crippen LogP contribution in [0.1, 0.15) is 252 Å². The van der Waals surface area contributed by atoms with Gasteiger partial charge in [-0.25, -0.2) is 0 Å². The van der Waals surface area contributed by atoms with Gasteiger partial charge in [-0.2, -0.15) is 0 Å². The molecule has 0 spiro atoms. The van der Waals surface area contributed by atoms with Gasteiger partial charge in [0.05, 0.1) is 0 Å². The minimum atomic E-state index is -0.833. The topological polar surface area (TPSA) is 78.9 Å². The summed E-state index contributed by atoms with van der Waals surface area (Å²) in [4.78, 5) is 38.1. The summed E-state index contributed by atoms with van der Waals surface area (Å²) in [6.45, 7) is 6.46. The van der Waals surface area contributed by atoms with Crippen LogP contribution in [0.15, 0.2) is 109 Å². The van der Waals surface area contributed by atoms with Crippen molar-refractivity contribution in [1.29, 1.82) is 0 Å². The van der Waals surface area contributed by atoms with Crippen LogP contribution in [0, 0.1) is 0 Å². The molecule has 0 aromatic rings. The summed E-state index contributed by atoms with van der Waals surface area (Å²) in [5, 5.41) is 0. The number of ether oxygens (including phenoxy) is 3. The largest absolute Gasteiger partial charge is 0.462 e. The summed E-state index contributed by atoms with van der Waals surface area (Å²) in [7, 11) is 0. The SMILES string of the molecule is CCCCC/C=C\C/C=C\CCCC/C=C\CCCC(=O)OCC(COC(=O)CCC/C=C\CCCC/C=C\C/C=C\CCCCC)OC(=O)CCC/C=C\CCCC/C=C\C/C=C\CCCCC. The molecule has 0 saturated heterocycles. The summed E-state index contributed by atoms with van der Waals surface area (Å²) in [6, 6.07) is 0. The Labute approximate surface area is 425 Å². The number of unbranched alkanes of at least 4 members (excludes halogenated alkanes) is 21. The summed E-state index contributed by atoms with van der Waals surface area (Å²) in [6.07, 6.45) is 76.6. The molecule has 0 fully saturated rings. The number of hydrogen-bond acceptors (Lipinski definition) is 6. The Morgan fingerprint density at radius 3 is 0.768 bits per heavy atom. The Morgan fingerprint density at radius 2 is 0.507 bits per heavy atom.